The molecule has 16 heavy (non-hydrogen) atoms. The van der Waals surface area contributed by atoms with Crippen molar-refractivity contribution in [1.29, 1.82) is 0 Å². The number of nitrogens with zero attached hydrogens (tertiary/aromatic N) is 2. The molecule has 0 aliphatic heterocycles. The minimum Gasteiger partial charge on any atom is -0.461 e. The number of pyridine rings is 1. The largest absolute Gasteiger partial charge is 0.461 e. The summed E-state index contributed by atoms with van der Waals surface area (Å²) in [7, 11) is 0. The summed E-state index contributed by atoms with van der Waals surface area (Å²) in [6.45, 7) is 2.00. The van der Waals surface area contributed by atoms with E-state index in [1.807, 2.05) is 0 Å². The van der Waals surface area contributed by atoms with Crippen LogP contribution in [0.15, 0.2) is 18.3 Å². The van der Waals surface area contributed by atoms with Gasteiger partial charge in [0, 0.05) is 6.20 Å². The van der Waals surface area contributed by atoms with Gasteiger partial charge < -0.3 is 4.74 Å². The van der Waals surface area contributed by atoms with E-state index in [1.165, 1.54) is 4.40 Å². The van der Waals surface area contributed by atoms with Crippen molar-refractivity contribution in [2.75, 3.05) is 6.61 Å². The molecule has 2 aromatic heterocycles. The van der Waals surface area contributed by atoms with Gasteiger partial charge >= 0.3 is 5.97 Å². The third-order valence-electron chi connectivity index (χ3n) is 1.99. The molecule has 0 atom stereocenters. The Balaban J connectivity index is 2.56. The molecule has 2 aromatic rings. The van der Waals surface area contributed by atoms with E-state index in [-0.39, 0.29) is 17.5 Å². The van der Waals surface area contributed by atoms with Gasteiger partial charge in [-0.15, -0.1) is 0 Å². The van der Waals surface area contributed by atoms with Crippen molar-refractivity contribution in [3.05, 3.63) is 34.2 Å². The van der Waals surface area contributed by atoms with Crippen molar-refractivity contribution in [1.82, 2.24) is 9.38 Å². The molecule has 0 aliphatic carbocycles. The smallest absolute Gasteiger partial charge is 0.360 e. The number of aromatic nitrogens is 2. The highest BCUT2D eigenvalue weighted by Crippen LogP contribution is 2.21. The topological polar surface area (TPSA) is 43.6 Å². The fourth-order valence-corrected chi connectivity index (χ4v) is 1.73. The van der Waals surface area contributed by atoms with E-state index in [1.54, 1.807) is 25.3 Å². The molecule has 0 spiro atoms. The molecule has 0 amide bonds. The van der Waals surface area contributed by atoms with Crippen molar-refractivity contribution in [3.8, 4) is 0 Å². The summed E-state index contributed by atoms with van der Waals surface area (Å²) in [6, 6.07) is 3.35. The van der Waals surface area contributed by atoms with Gasteiger partial charge in [-0.25, -0.2) is 9.78 Å². The first-order chi connectivity index (χ1) is 7.63. The number of imidazole rings is 1. The van der Waals surface area contributed by atoms with Crippen LogP contribution in [-0.2, 0) is 4.74 Å². The van der Waals surface area contributed by atoms with Gasteiger partial charge in [0.05, 0.1) is 11.6 Å². The summed E-state index contributed by atoms with van der Waals surface area (Å²) >= 11 is 11.8. The number of rotatable bonds is 2. The van der Waals surface area contributed by atoms with Crippen LogP contribution in [-0.4, -0.2) is 22.0 Å². The first kappa shape index (κ1) is 11.2. The van der Waals surface area contributed by atoms with Crippen molar-refractivity contribution in [2.24, 2.45) is 0 Å². The molecule has 0 aliphatic rings. The SMILES string of the molecule is CCOC(=O)c1nc2ccc(Cl)cn2c1Cl. The number of carbonyl (C=O) groups excluding carboxylic acids is 1. The standard InChI is InChI=1S/C10H8Cl2N2O2/c1-2-16-10(15)8-9(12)14-5-6(11)3-4-7(14)13-8/h3-5H,2H2,1H3. The van der Waals surface area contributed by atoms with Gasteiger partial charge in [-0.3, -0.25) is 4.40 Å². The maximum absolute atomic E-state index is 11.5. The summed E-state index contributed by atoms with van der Waals surface area (Å²) in [5.74, 6) is -0.535. The van der Waals surface area contributed by atoms with E-state index in [0.29, 0.717) is 10.7 Å². The highest BCUT2D eigenvalue weighted by atomic mass is 35.5. The van der Waals surface area contributed by atoms with E-state index in [4.69, 9.17) is 27.9 Å². The van der Waals surface area contributed by atoms with Gasteiger partial charge in [0.15, 0.2) is 5.69 Å². The molecule has 0 N–H and O–H groups in total. The molecule has 0 bridgehead atoms. The lowest BCUT2D eigenvalue weighted by molar-refractivity contribution is 0.0520. The van der Waals surface area contributed by atoms with Crippen LogP contribution in [0, 0.1) is 0 Å². The predicted octanol–water partition coefficient (Wildman–Crippen LogP) is 2.82. The number of halogens is 2. The van der Waals surface area contributed by atoms with E-state index >= 15 is 0 Å². The molecule has 0 aromatic carbocycles. The van der Waals surface area contributed by atoms with Gasteiger partial charge in [0.1, 0.15) is 10.8 Å². The highest BCUT2D eigenvalue weighted by molar-refractivity contribution is 6.33. The maximum atomic E-state index is 11.5. The Labute approximate surface area is 102 Å². The Hall–Kier alpha value is -1.26. The summed E-state index contributed by atoms with van der Waals surface area (Å²) < 4.78 is 6.37. The second-order valence-corrected chi connectivity index (χ2v) is 3.84. The summed E-state index contributed by atoms with van der Waals surface area (Å²) in [5, 5.41) is 0.721. The average molecular weight is 259 g/mol. The molecule has 84 valence electrons. The first-order valence-corrected chi connectivity index (χ1v) is 5.39. The number of esters is 1. The van der Waals surface area contributed by atoms with Gasteiger partial charge in [0.2, 0.25) is 0 Å². The van der Waals surface area contributed by atoms with Crippen LogP contribution < -0.4 is 0 Å². The maximum Gasteiger partial charge on any atom is 0.360 e. The Morgan fingerprint density at radius 3 is 2.94 bits per heavy atom. The molecule has 2 heterocycles. The molecule has 0 saturated heterocycles. The number of ether oxygens (including phenoxy) is 1. The molecule has 0 unspecified atom stereocenters. The number of fused-ring (bicyclic) bond motifs is 1. The number of carbonyl (C=O) groups is 1. The second-order valence-electron chi connectivity index (χ2n) is 3.05. The Bertz CT molecular complexity index is 551. The lowest BCUT2D eigenvalue weighted by Crippen LogP contribution is -2.05. The third-order valence-corrected chi connectivity index (χ3v) is 2.58. The summed E-state index contributed by atoms with van der Waals surface area (Å²) in [5.41, 5.74) is 0.656. The fraction of sp³-hybridized carbons (Fsp3) is 0.200. The molecular weight excluding hydrogens is 251 g/mol. The lowest BCUT2D eigenvalue weighted by atomic mass is 10.5. The average Bonchev–Trinajstić information content (AvgIpc) is 2.57. The van der Waals surface area contributed by atoms with Crippen LogP contribution >= 0.6 is 23.2 Å². The zero-order chi connectivity index (χ0) is 11.7. The fourth-order valence-electron chi connectivity index (χ4n) is 1.32. The number of hydrogen-bond donors (Lipinski definition) is 0. The van der Waals surface area contributed by atoms with E-state index < -0.39 is 5.97 Å². The molecule has 0 radical (unpaired) electrons. The quantitative estimate of drug-likeness (QED) is 0.779. The van der Waals surface area contributed by atoms with E-state index in [2.05, 4.69) is 4.98 Å². The zero-order valence-electron chi connectivity index (χ0n) is 8.41. The predicted molar refractivity (Wildman–Crippen MR) is 61.2 cm³/mol. The van der Waals surface area contributed by atoms with Crippen LogP contribution in [0.4, 0.5) is 0 Å². The minimum absolute atomic E-state index is 0.103. The van der Waals surface area contributed by atoms with Crippen molar-refractivity contribution in [2.45, 2.75) is 6.92 Å². The van der Waals surface area contributed by atoms with Crippen molar-refractivity contribution >= 4 is 34.8 Å². The Morgan fingerprint density at radius 2 is 2.25 bits per heavy atom. The highest BCUT2D eigenvalue weighted by Gasteiger charge is 2.18. The Morgan fingerprint density at radius 1 is 1.50 bits per heavy atom. The van der Waals surface area contributed by atoms with Gasteiger partial charge in [-0.2, -0.15) is 0 Å². The summed E-state index contributed by atoms with van der Waals surface area (Å²) in [4.78, 5) is 15.6. The van der Waals surface area contributed by atoms with Crippen LogP contribution in [0.3, 0.4) is 0 Å². The van der Waals surface area contributed by atoms with Crippen LogP contribution in [0.2, 0.25) is 10.2 Å². The molecule has 4 nitrogen and oxygen atoms in total. The zero-order valence-corrected chi connectivity index (χ0v) is 9.92. The number of hydrogen-bond acceptors (Lipinski definition) is 3. The molecule has 0 fully saturated rings. The van der Waals surface area contributed by atoms with Gasteiger partial charge in [-0.1, -0.05) is 23.2 Å². The van der Waals surface area contributed by atoms with Crippen LogP contribution in [0.1, 0.15) is 17.4 Å². The molecular formula is C10H8Cl2N2O2. The molecule has 6 heteroatoms. The van der Waals surface area contributed by atoms with E-state index in [9.17, 15) is 4.79 Å². The van der Waals surface area contributed by atoms with Crippen molar-refractivity contribution in [3.63, 3.8) is 0 Å². The second kappa shape index (κ2) is 4.31. The lowest BCUT2D eigenvalue weighted by Gasteiger charge is -1.97. The van der Waals surface area contributed by atoms with Gasteiger partial charge in [0.25, 0.3) is 0 Å². The monoisotopic (exact) mass is 258 g/mol. The van der Waals surface area contributed by atoms with Crippen LogP contribution in [0.25, 0.3) is 5.65 Å². The third kappa shape index (κ3) is 1.86. The Kier molecular flexibility index (Phi) is 3.03. The summed E-state index contributed by atoms with van der Waals surface area (Å²) in [6.07, 6.45) is 1.59. The normalized spacial score (nSPS) is 10.7. The van der Waals surface area contributed by atoms with Crippen LogP contribution in [0.5, 0.6) is 0 Å². The van der Waals surface area contributed by atoms with E-state index in [0.717, 1.165) is 0 Å². The molecule has 2 rings (SSSR count). The first-order valence-electron chi connectivity index (χ1n) is 4.63. The molecule has 0 saturated carbocycles. The minimum atomic E-state index is -0.535. The van der Waals surface area contributed by atoms with Gasteiger partial charge in [-0.05, 0) is 19.1 Å². The van der Waals surface area contributed by atoms with Crippen molar-refractivity contribution < 1.29 is 9.53 Å².